The van der Waals surface area contributed by atoms with Crippen LogP contribution in [0.15, 0.2) is 42.1 Å². The molecule has 7 heteroatoms. The lowest BCUT2D eigenvalue weighted by Gasteiger charge is -2.45. The minimum absolute atomic E-state index is 0.295. The molecule has 2 aliphatic heterocycles. The predicted octanol–water partition coefficient (Wildman–Crippen LogP) is 2.40. The molecule has 0 aliphatic carbocycles. The summed E-state index contributed by atoms with van der Waals surface area (Å²) in [5, 5.41) is 23.6. The van der Waals surface area contributed by atoms with Crippen LogP contribution in [-0.4, -0.2) is 21.5 Å². The van der Waals surface area contributed by atoms with Gasteiger partial charge in [-0.2, -0.15) is 10.5 Å². The fraction of sp³-hybridized carbons (Fsp3) is 0.542. The van der Waals surface area contributed by atoms with Crippen LogP contribution in [0.5, 0.6) is 0 Å². The van der Waals surface area contributed by atoms with Crippen LogP contribution >= 0.6 is 23.5 Å². The number of thioether (sulfide) groups is 2. The van der Waals surface area contributed by atoms with Crippen LogP contribution in [0.25, 0.3) is 0 Å². The van der Waals surface area contributed by atoms with Gasteiger partial charge in [-0.25, -0.2) is 0 Å². The summed E-state index contributed by atoms with van der Waals surface area (Å²) < 4.78 is -0.700. The summed E-state index contributed by atoms with van der Waals surface area (Å²) in [6.45, 7) is 6.37. The molecule has 2 heterocycles. The molecule has 0 bridgehead atoms. The van der Waals surface area contributed by atoms with Crippen LogP contribution in [0.2, 0.25) is 0 Å². The number of nitrogens with one attached hydrogen (secondary N) is 1. The van der Waals surface area contributed by atoms with Crippen LogP contribution in [0.4, 0.5) is 0 Å². The third-order valence-electron chi connectivity index (χ3n) is 6.32. The zero-order valence-corrected chi connectivity index (χ0v) is 20.3. The standard InChI is InChI=1S/C24H31N5S2/c1-4-6-13-30-24(31-14-7-5-2)22(16-25)15-18(3)28-20(19-11-9-8-10-12-19)23(22,17-26)21(27)29-24/h8-12,15,20,28H,4-7,13-14H2,1-3H3,(H2,27,29)/p+2/t20-,22-,23+/m0/s1. The van der Waals surface area contributed by atoms with Crippen molar-refractivity contribution in [2.24, 2.45) is 16.6 Å². The van der Waals surface area contributed by atoms with E-state index in [9.17, 15) is 10.5 Å². The summed E-state index contributed by atoms with van der Waals surface area (Å²) in [6, 6.07) is 14.9. The first-order valence-electron chi connectivity index (χ1n) is 11.1. The molecule has 5 N–H and O–H groups in total. The van der Waals surface area contributed by atoms with E-state index in [1.165, 1.54) is 0 Å². The molecule has 0 saturated heterocycles. The lowest BCUT2D eigenvalue weighted by atomic mass is 9.58. The summed E-state index contributed by atoms with van der Waals surface area (Å²) in [6.07, 6.45) is 6.29. The number of nitrogens with zero attached hydrogens (tertiary/aromatic N) is 2. The van der Waals surface area contributed by atoms with Gasteiger partial charge in [0.25, 0.3) is 5.84 Å². The van der Waals surface area contributed by atoms with E-state index >= 15 is 0 Å². The minimum atomic E-state index is -1.18. The van der Waals surface area contributed by atoms with E-state index in [0.717, 1.165) is 48.4 Å². The average molecular weight is 456 g/mol. The summed E-state index contributed by atoms with van der Waals surface area (Å²) in [4.78, 5) is 3.54. The lowest BCUT2D eigenvalue weighted by molar-refractivity contribution is -0.667. The monoisotopic (exact) mass is 455 g/mol. The topological polar surface area (TPSA) is 104 Å². The van der Waals surface area contributed by atoms with Crippen molar-refractivity contribution in [1.29, 1.82) is 10.5 Å². The Kier molecular flexibility index (Phi) is 7.42. The summed E-state index contributed by atoms with van der Waals surface area (Å²) in [7, 11) is 0. The van der Waals surface area contributed by atoms with Gasteiger partial charge < -0.3 is 5.32 Å². The smallest absolute Gasteiger partial charge is 0.272 e. The fourth-order valence-electron chi connectivity index (χ4n) is 4.73. The summed E-state index contributed by atoms with van der Waals surface area (Å²) in [5.74, 6) is 2.24. The van der Waals surface area contributed by atoms with Crippen molar-refractivity contribution in [3.05, 3.63) is 47.7 Å². The number of rotatable bonds is 9. The number of hydrogen-bond donors (Lipinski definition) is 3. The van der Waals surface area contributed by atoms with Crippen LogP contribution in [0, 0.1) is 33.5 Å². The molecule has 31 heavy (non-hydrogen) atoms. The molecule has 164 valence electrons. The SMILES string of the molecule is CCCCSC1(SCCCC)[NH+]=C(N)[C@@]2(C#N)[C@H](c3ccccc3)[NH2+]C(C)=C[C@@]12C#N. The maximum atomic E-state index is 10.8. The Labute approximate surface area is 194 Å². The van der Waals surface area contributed by atoms with E-state index in [4.69, 9.17) is 5.73 Å². The third-order valence-corrected chi connectivity index (χ3v) is 9.68. The molecule has 0 saturated carbocycles. The highest BCUT2D eigenvalue weighted by molar-refractivity contribution is 8.17. The molecule has 0 fully saturated rings. The average Bonchev–Trinajstić information content (AvgIpc) is 2.99. The van der Waals surface area contributed by atoms with E-state index < -0.39 is 15.0 Å². The normalized spacial score (nSPS) is 28.7. The summed E-state index contributed by atoms with van der Waals surface area (Å²) in [5.41, 5.74) is 6.47. The van der Waals surface area contributed by atoms with Gasteiger partial charge in [0.2, 0.25) is 9.62 Å². The highest BCUT2D eigenvalue weighted by atomic mass is 32.2. The maximum Gasteiger partial charge on any atom is 0.272 e. The van der Waals surface area contributed by atoms with E-state index in [1.807, 2.05) is 43.3 Å². The molecule has 3 atom stereocenters. The first-order valence-corrected chi connectivity index (χ1v) is 13.0. The van der Waals surface area contributed by atoms with Gasteiger partial charge in [0.15, 0.2) is 5.41 Å². The predicted molar refractivity (Wildman–Crippen MR) is 129 cm³/mol. The van der Waals surface area contributed by atoms with Gasteiger partial charge in [0.1, 0.15) is 11.7 Å². The number of nitrogens with two attached hydrogens (primary N) is 2. The van der Waals surface area contributed by atoms with Gasteiger partial charge in [-0.05, 0) is 24.3 Å². The number of amidine groups is 1. The molecule has 0 amide bonds. The quantitative estimate of drug-likeness (QED) is 0.392. The maximum absolute atomic E-state index is 10.8. The number of fused-ring (bicyclic) bond motifs is 1. The molecular formula is C24H33N5S2+2. The van der Waals surface area contributed by atoms with Crippen molar-refractivity contribution in [2.75, 3.05) is 11.5 Å². The molecule has 0 radical (unpaired) electrons. The zero-order valence-electron chi connectivity index (χ0n) is 18.6. The molecule has 0 spiro atoms. The largest absolute Gasteiger partial charge is 0.310 e. The van der Waals surface area contributed by atoms with Gasteiger partial charge in [0, 0.05) is 18.6 Å². The second-order valence-corrected chi connectivity index (χ2v) is 11.2. The second-order valence-electron chi connectivity index (χ2n) is 8.34. The van der Waals surface area contributed by atoms with Gasteiger partial charge in [-0.3, -0.25) is 10.7 Å². The molecule has 1 aromatic carbocycles. The van der Waals surface area contributed by atoms with E-state index in [2.05, 4.69) is 36.3 Å². The molecular weight excluding hydrogens is 422 g/mol. The fourth-order valence-corrected chi connectivity index (χ4v) is 8.35. The van der Waals surface area contributed by atoms with Gasteiger partial charge in [-0.1, -0.05) is 80.5 Å². The number of hydrogen-bond acceptors (Lipinski definition) is 5. The Bertz CT molecular complexity index is 920. The Morgan fingerprint density at radius 2 is 1.68 bits per heavy atom. The first kappa shape index (κ1) is 23.7. The van der Waals surface area contributed by atoms with E-state index in [1.54, 1.807) is 23.5 Å². The molecule has 0 unspecified atom stereocenters. The highest BCUT2D eigenvalue weighted by Crippen LogP contribution is 2.62. The number of quaternary nitrogens is 1. The van der Waals surface area contributed by atoms with E-state index in [-0.39, 0.29) is 6.04 Å². The number of nitriles is 2. The highest BCUT2D eigenvalue weighted by Gasteiger charge is 2.80. The second kappa shape index (κ2) is 9.69. The van der Waals surface area contributed by atoms with Crippen LogP contribution in [0.3, 0.4) is 0 Å². The van der Waals surface area contributed by atoms with Crippen molar-refractivity contribution < 1.29 is 10.3 Å². The first-order chi connectivity index (χ1) is 15.0. The Balaban J connectivity index is 2.23. The van der Waals surface area contributed by atoms with Crippen LogP contribution < -0.4 is 16.0 Å². The zero-order chi connectivity index (χ0) is 22.5. The number of allylic oxidation sites excluding steroid dienone is 1. The van der Waals surface area contributed by atoms with Gasteiger partial charge in [0.05, 0.1) is 12.1 Å². The lowest BCUT2D eigenvalue weighted by Crippen LogP contribution is -2.90. The number of unbranched alkanes of at least 4 members (excludes halogenated alkanes) is 2. The van der Waals surface area contributed by atoms with Crippen molar-refractivity contribution in [2.45, 2.75) is 56.7 Å². The van der Waals surface area contributed by atoms with Crippen LogP contribution in [-0.2, 0) is 0 Å². The molecule has 5 nitrogen and oxygen atoms in total. The van der Waals surface area contributed by atoms with Gasteiger partial charge >= 0.3 is 0 Å². The van der Waals surface area contributed by atoms with Crippen molar-refractivity contribution in [3.63, 3.8) is 0 Å². The molecule has 2 aliphatic rings. The Hall–Kier alpha value is -1.93. The molecule has 0 aromatic heterocycles. The Morgan fingerprint density at radius 1 is 1.06 bits per heavy atom. The van der Waals surface area contributed by atoms with Crippen molar-refractivity contribution >= 4 is 29.4 Å². The minimum Gasteiger partial charge on any atom is -0.310 e. The summed E-state index contributed by atoms with van der Waals surface area (Å²) >= 11 is 3.50. The van der Waals surface area contributed by atoms with Crippen LogP contribution in [0.1, 0.15) is 58.1 Å². The third kappa shape index (κ3) is 3.67. The van der Waals surface area contributed by atoms with Crippen molar-refractivity contribution in [3.8, 4) is 12.1 Å². The molecule has 3 rings (SSSR count). The number of benzene rings is 1. The van der Waals surface area contributed by atoms with Crippen molar-refractivity contribution in [1.82, 2.24) is 0 Å². The Morgan fingerprint density at radius 3 is 2.19 bits per heavy atom. The van der Waals surface area contributed by atoms with Gasteiger partial charge in [-0.15, -0.1) is 0 Å². The molecule has 1 aromatic rings. The van der Waals surface area contributed by atoms with E-state index in [0.29, 0.717) is 5.84 Å².